The summed E-state index contributed by atoms with van der Waals surface area (Å²) in [5.74, 6) is -0.233. The molecular weight excluding hydrogens is 400 g/mol. The Morgan fingerprint density at radius 3 is 2.52 bits per heavy atom. The number of aromatic nitrogens is 1. The number of carbonyl (C=O) groups excluding carboxylic acids is 1. The average Bonchev–Trinajstić information content (AvgIpc) is 3.13. The molecule has 1 aromatic heterocycles. The number of benzene rings is 2. The normalized spacial score (nSPS) is 13.2. The number of thiazole rings is 1. The Hall–Kier alpha value is -2.02. The van der Waals surface area contributed by atoms with Gasteiger partial charge in [0.15, 0.2) is 0 Å². The third-order valence-electron chi connectivity index (χ3n) is 3.79. The fourth-order valence-electron chi connectivity index (χ4n) is 2.40. The van der Waals surface area contributed by atoms with E-state index in [1.165, 1.54) is 11.3 Å². The predicted molar refractivity (Wildman–Crippen MR) is 104 cm³/mol. The molecule has 2 atom stereocenters. The van der Waals surface area contributed by atoms with Crippen LogP contribution in [0.25, 0.3) is 10.6 Å². The molecule has 25 heavy (non-hydrogen) atoms. The van der Waals surface area contributed by atoms with Crippen molar-refractivity contribution in [1.29, 1.82) is 0 Å². The van der Waals surface area contributed by atoms with Gasteiger partial charge in [-0.25, -0.2) is 4.98 Å². The highest BCUT2D eigenvalue weighted by atomic mass is 79.9. The number of nitrogens with zero attached hydrogens (tertiary/aromatic N) is 1. The molecule has 3 aromatic rings. The van der Waals surface area contributed by atoms with Crippen LogP contribution in [0.4, 0.5) is 0 Å². The second-order valence-corrected chi connectivity index (χ2v) is 7.60. The zero-order chi connectivity index (χ0) is 17.8. The summed E-state index contributed by atoms with van der Waals surface area (Å²) >= 11 is 4.70. The number of amides is 1. The molecule has 0 unspecified atom stereocenters. The highest BCUT2D eigenvalue weighted by Gasteiger charge is 2.20. The summed E-state index contributed by atoms with van der Waals surface area (Å²) in [5.41, 5.74) is 1.74. The van der Waals surface area contributed by atoms with E-state index in [0.29, 0.717) is 4.88 Å². The molecule has 6 heteroatoms. The zero-order valence-corrected chi connectivity index (χ0v) is 15.9. The van der Waals surface area contributed by atoms with E-state index in [0.717, 1.165) is 20.6 Å². The standard InChI is InChI=1S/C19H17BrN2O2S/c1-12(17(23)13-7-9-15(20)10-8-13)22-18(24)16-11-21-19(25-16)14-5-3-2-4-6-14/h2-12,17,23H,1H3,(H,22,24)/t12-,17-/m0/s1. The molecule has 1 heterocycles. The number of hydrogen-bond donors (Lipinski definition) is 2. The van der Waals surface area contributed by atoms with Gasteiger partial charge in [0, 0.05) is 10.0 Å². The number of carbonyl (C=O) groups is 1. The summed E-state index contributed by atoms with van der Waals surface area (Å²) in [6.45, 7) is 1.78. The first-order valence-corrected chi connectivity index (χ1v) is 9.41. The van der Waals surface area contributed by atoms with Crippen LogP contribution >= 0.6 is 27.3 Å². The molecule has 0 aliphatic heterocycles. The molecule has 0 aliphatic rings. The Morgan fingerprint density at radius 2 is 1.84 bits per heavy atom. The largest absolute Gasteiger partial charge is 0.386 e. The maximum Gasteiger partial charge on any atom is 0.263 e. The lowest BCUT2D eigenvalue weighted by atomic mass is 10.0. The van der Waals surface area contributed by atoms with E-state index in [9.17, 15) is 9.90 Å². The highest BCUT2D eigenvalue weighted by molar-refractivity contribution is 9.10. The Balaban J connectivity index is 1.67. The van der Waals surface area contributed by atoms with E-state index in [-0.39, 0.29) is 5.91 Å². The van der Waals surface area contributed by atoms with Gasteiger partial charge in [-0.05, 0) is 24.6 Å². The molecular formula is C19H17BrN2O2S. The monoisotopic (exact) mass is 416 g/mol. The van der Waals surface area contributed by atoms with Gasteiger partial charge in [-0.1, -0.05) is 58.4 Å². The van der Waals surface area contributed by atoms with Crippen molar-refractivity contribution in [3.63, 3.8) is 0 Å². The Bertz CT molecular complexity index is 849. The van der Waals surface area contributed by atoms with Gasteiger partial charge in [0.2, 0.25) is 0 Å². The zero-order valence-electron chi connectivity index (χ0n) is 13.5. The van der Waals surface area contributed by atoms with E-state index >= 15 is 0 Å². The first-order chi connectivity index (χ1) is 12.0. The van der Waals surface area contributed by atoms with Gasteiger partial charge in [0.25, 0.3) is 5.91 Å². The molecule has 3 rings (SSSR count). The van der Waals surface area contributed by atoms with Crippen molar-refractivity contribution in [3.8, 4) is 10.6 Å². The number of rotatable bonds is 5. The smallest absolute Gasteiger partial charge is 0.263 e. The van der Waals surface area contributed by atoms with Crippen molar-refractivity contribution in [2.24, 2.45) is 0 Å². The number of nitrogens with one attached hydrogen (secondary N) is 1. The van der Waals surface area contributed by atoms with Crippen LogP contribution in [-0.2, 0) is 0 Å². The molecule has 0 fully saturated rings. The lowest BCUT2D eigenvalue weighted by molar-refractivity contribution is 0.0855. The molecule has 2 aromatic carbocycles. The Labute approximate surface area is 158 Å². The van der Waals surface area contributed by atoms with E-state index < -0.39 is 12.1 Å². The van der Waals surface area contributed by atoms with Crippen LogP contribution in [-0.4, -0.2) is 22.0 Å². The number of hydrogen-bond acceptors (Lipinski definition) is 4. The van der Waals surface area contributed by atoms with Crippen molar-refractivity contribution < 1.29 is 9.90 Å². The summed E-state index contributed by atoms with van der Waals surface area (Å²) in [6.07, 6.45) is 0.791. The van der Waals surface area contributed by atoms with Gasteiger partial charge < -0.3 is 10.4 Å². The lowest BCUT2D eigenvalue weighted by Crippen LogP contribution is -2.36. The average molecular weight is 417 g/mol. The fraction of sp³-hybridized carbons (Fsp3) is 0.158. The second-order valence-electron chi connectivity index (χ2n) is 5.65. The van der Waals surface area contributed by atoms with Crippen molar-refractivity contribution in [1.82, 2.24) is 10.3 Å². The molecule has 2 N–H and O–H groups in total. The summed E-state index contributed by atoms with van der Waals surface area (Å²) in [5, 5.41) is 14.1. The highest BCUT2D eigenvalue weighted by Crippen LogP contribution is 2.25. The van der Waals surface area contributed by atoms with Gasteiger partial charge in [-0.15, -0.1) is 11.3 Å². The van der Waals surface area contributed by atoms with E-state index in [2.05, 4.69) is 26.2 Å². The topological polar surface area (TPSA) is 62.2 Å². The van der Waals surface area contributed by atoms with Crippen LogP contribution in [0, 0.1) is 0 Å². The Morgan fingerprint density at radius 1 is 1.16 bits per heavy atom. The van der Waals surface area contributed by atoms with Crippen LogP contribution < -0.4 is 5.32 Å². The van der Waals surface area contributed by atoms with E-state index in [4.69, 9.17) is 0 Å². The van der Waals surface area contributed by atoms with Crippen molar-refractivity contribution >= 4 is 33.2 Å². The van der Waals surface area contributed by atoms with Crippen molar-refractivity contribution in [3.05, 3.63) is 75.7 Å². The minimum atomic E-state index is -0.779. The number of halogens is 1. The van der Waals surface area contributed by atoms with Gasteiger partial charge in [-0.2, -0.15) is 0 Å². The summed E-state index contributed by atoms with van der Waals surface area (Å²) in [7, 11) is 0. The van der Waals surface area contributed by atoms with Crippen LogP contribution in [0.15, 0.2) is 65.3 Å². The minimum Gasteiger partial charge on any atom is -0.386 e. The van der Waals surface area contributed by atoms with E-state index in [1.807, 2.05) is 54.6 Å². The third-order valence-corrected chi connectivity index (χ3v) is 5.37. The maximum atomic E-state index is 12.4. The quantitative estimate of drug-likeness (QED) is 0.646. The molecule has 0 radical (unpaired) electrons. The van der Waals surface area contributed by atoms with E-state index in [1.54, 1.807) is 13.1 Å². The molecule has 0 saturated heterocycles. The van der Waals surface area contributed by atoms with Crippen LogP contribution in [0.3, 0.4) is 0 Å². The third kappa shape index (κ3) is 4.34. The predicted octanol–water partition coefficient (Wildman–Crippen LogP) is 4.42. The molecule has 4 nitrogen and oxygen atoms in total. The number of aliphatic hydroxyl groups is 1. The number of aliphatic hydroxyl groups excluding tert-OH is 1. The van der Waals surface area contributed by atoms with Gasteiger partial charge in [-0.3, -0.25) is 4.79 Å². The maximum absolute atomic E-state index is 12.4. The van der Waals surface area contributed by atoms with Gasteiger partial charge in [0.05, 0.1) is 18.3 Å². The van der Waals surface area contributed by atoms with Crippen molar-refractivity contribution in [2.75, 3.05) is 0 Å². The summed E-state index contributed by atoms with van der Waals surface area (Å²) in [4.78, 5) is 17.3. The summed E-state index contributed by atoms with van der Waals surface area (Å²) < 4.78 is 0.943. The first kappa shape index (κ1) is 17.8. The first-order valence-electron chi connectivity index (χ1n) is 7.80. The molecule has 0 spiro atoms. The Kier molecular flexibility index (Phi) is 5.63. The minimum absolute atomic E-state index is 0.233. The molecule has 1 amide bonds. The molecule has 0 bridgehead atoms. The van der Waals surface area contributed by atoms with Crippen LogP contribution in [0.5, 0.6) is 0 Å². The molecule has 128 valence electrons. The van der Waals surface area contributed by atoms with Gasteiger partial charge >= 0.3 is 0 Å². The van der Waals surface area contributed by atoms with Crippen LogP contribution in [0.1, 0.15) is 28.3 Å². The molecule has 0 saturated carbocycles. The van der Waals surface area contributed by atoms with Crippen molar-refractivity contribution in [2.45, 2.75) is 19.1 Å². The lowest BCUT2D eigenvalue weighted by Gasteiger charge is -2.20. The summed E-state index contributed by atoms with van der Waals surface area (Å²) in [6, 6.07) is 16.7. The second kappa shape index (κ2) is 7.91. The fourth-order valence-corrected chi connectivity index (χ4v) is 3.49. The van der Waals surface area contributed by atoms with Crippen LogP contribution in [0.2, 0.25) is 0 Å². The SMILES string of the molecule is C[C@H](NC(=O)c1cnc(-c2ccccc2)s1)[C@H](O)c1ccc(Br)cc1. The van der Waals surface area contributed by atoms with Gasteiger partial charge in [0.1, 0.15) is 9.88 Å². The molecule has 0 aliphatic carbocycles.